The summed E-state index contributed by atoms with van der Waals surface area (Å²) >= 11 is 0. The van der Waals surface area contributed by atoms with Crippen LogP contribution >= 0.6 is 0 Å². The number of carbonyl (C=O) groups is 1. The van der Waals surface area contributed by atoms with Crippen molar-refractivity contribution in [2.75, 3.05) is 6.61 Å². The van der Waals surface area contributed by atoms with Gasteiger partial charge >= 0.3 is 0 Å². The zero-order chi connectivity index (χ0) is 47.7. The molecular weight excluding hydrogens is 807 g/mol. The van der Waals surface area contributed by atoms with Gasteiger partial charge in [0, 0.05) is 6.42 Å². The summed E-state index contributed by atoms with van der Waals surface area (Å²) in [5.74, 6) is -0.108. The zero-order valence-corrected chi connectivity index (χ0v) is 43.4. The van der Waals surface area contributed by atoms with Crippen molar-refractivity contribution in [3.05, 3.63) is 109 Å². The van der Waals surface area contributed by atoms with Crippen LogP contribution in [-0.2, 0) is 4.79 Å². The number of amides is 1. The van der Waals surface area contributed by atoms with Crippen molar-refractivity contribution in [2.45, 2.75) is 270 Å². The number of hydrogen-bond donors (Lipinski definition) is 3. The minimum Gasteiger partial charge on any atom is -0.394 e. The predicted octanol–water partition coefficient (Wildman–Crippen LogP) is 18.7. The van der Waals surface area contributed by atoms with Gasteiger partial charge in [0.2, 0.25) is 5.91 Å². The Kier molecular flexibility index (Phi) is 53.9. The third kappa shape index (κ3) is 52.0. The van der Waals surface area contributed by atoms with Crippen molar-refractivity contribution in [3.63, 3.8) is 0 Å². The van der Waals surface area contributed by atoms with Gasteiger partial charge in [-0.2, -0.15) is 0 Å². The maximum Gasteiger partial charge on any atom is 0.220 e. The van der Waals surface area contributed by atoms with Gasteiger partial charge in [0.1, 0.15) is 0 Å². The second-order valence-electron chi connectivity index (χ2n) is 18.6. The van der Waals surface area contributed by atoms with Crippen LogP contribution in [0.5, 0.6) is 0 Å². The van der Waals surface area contributed by atoms with E-state index in [1.165, 1.54) is 154 Å². The molecule has 0 aromatic rings. The second kappa shape index (κ2) is 56.4. The van der Waals surface area contributed by atoms with Crippen LogP contribution < -0.4 is 5.32 Å². The molecule has 3 N–H and O–H groups in total. The van der Waals surface area contributed by atoms with E-state index in [9.17, 15) is 15.0 Å². The highest BCUT2D eigenvalue weighted by Gasteiger charge is 2.17. The Morgan fingerprint density at radius 3 is 1.00 bits per heavy atom. The molecule has 0 rings (SSSR count). The Labute approximate surface area is 410 Å². The molecule has 0 aliphatic carbocycles. The molecule has 0 saturated carbocycles. The Morgan fingerprint density at radius 1 is 0.379 bits per heavy atom. The highest BCUT2D eigenvalue weighted by molar-refractivity contribution is 5.76. The molecule has 0 aliphatic rings. The van der Waals surface area contributed by atoms with Gasteiger partial charge in [-0.1, -0.05) is 277 Å². The van der Waals surface area contributed by atoms with Crippen molar-refractivity contribution in [1.82, 2.24) is 5.32 Å². The molecule has 2 atom stereocenters. The van der Waals surface area contributed by atoms with Crippen molar-refractivity contribution < 1.29 is 15.0 Å². The van der Waals surface area contributed by atoms with Crippen molar-refractivity contribution in [3.8, 4) is 0 Å². The average molecular weight is 915 g/mol. The smallest absolute Gasteiger partial charge is 0.220 e. The normalized spacial score (nSPS) is 13.7. The summed E-state index contributed by atoms with van der Waals surface area (Å²) in [6, 6.07) is -0.655. The Hall–Kier alpha value is -2.95. The first-order valence-electron chi connectivity index (χ1n) is 28.1. The van der Waals surface area contributed by atoms with E-state index in [2.05, 4.69) is 116 Å². The first kappa shape index (κ1) is 63.0. The molecule has 0 bridgehead atoms. The molecule has 0 aromatic carbocycles. The SMILES string of the molecule is CC/C=C\C/C=C\C/C=C\C/C=C\C/C=C\C/C=C\C/C=C\C/C=C\CCCCC(=O)NC(CO)C(O)/C=C/CCCCCCCCCCCCCCCCCCCCCCCCCCC. The number of rotatable bonds is 50. The van der Waals surface area contributed by atoms with Gasteiger partial charge in [-0.15, -0.1) is 0 Å². The van der Waals surface area contributed by atoms with E-state index in [0.717, 1.165) is 83.5 Å². The van der Waals surface area contributed by atoms with Crippen molar-refractivity contribution in [1.29, 1.82) is 0 Å². The Balaban J connectivity index is 3.64. The average Bonchev–Trinajstić information content (AvgIpc) is 3.32. The standard InChI is InChI=1S/C62H107NO3/c1-3-5-7-9-11-13-15-17-19-21-23-25-27-29-31-33-35-37-39-41-43-45-47-49-51-53-55-57-61(65)60(59-64)63-62(66)58-56-54-52-50-48-46-44-42-40-38-36-34-32-30-28-26-24-22-20-18-16-14-12-10-8-6-4-2/h6,8,12,14,18,20,24,26,30,32,36,38,42,44,48,50,55,57,60-61,64-65H,3-5,7,9-11,13,15-17,19,21-23,25,27-29,31,33-35,37,39-41,43,45-47,49,51-54,56,58-59H2,1-2H3,(H,63,66)/b8-6-,14-12-,20-18-,26-24-,32-30-,38-36-,44-42-,50-48-,57-55+. The Morgan fingerprint density at radius 2 is 0.667 bits per heavy atom. The molecule has 0 radical (unpaired) electrons. The van der Waals surface area contributed by atoms with Gasteiger partial charge < -0.3 is 15.5 Å². The third-order valence-corrected chi connectivity index (χ3v) is 12.3. The zero-order valence-electron chi connectivity index (χ0n) is 43.4. The van der Waals surface area contributed by atoms with Crippen LogP contribution in [0, 0.1) is 0 Å². The molecule has 4 nitrogen and oxygen atoms in total. The summed E-state index contributed by atoms with van der Waals surface area (Å²) in [6.07, 6.45) is 85.3. The van der Waals surface area contributed by atoms with Crippen molar-refractivity contribution >= 4 is 5.91 Å². The molecule has 0 fully saturated rings. The fourth-order valence-corrected chi connectivity index (χ4v) is 8.02. The summed E-state index contributed by atoms with van der Waals surface area (Å²) in [7, 11) is 0. The van der Waals surface area contributed by atoms with E-state index in [4.69, 9.17) is 0 Å². The maximum absolute atomic E-state index is 12.5. The molecule has 4 heteroatoms. The predicted molar refractivity (Wildman–Crippen MR) is 294 cm³/mol. The van der Waals surface area contributed by atoms with Crippen LogP contribution in [0.25, 0.3) is 0 Å². The van der Waals surface area contributed by atoms with Crippen molar-refractivity contribution in [2.24, 2.45) is 0 Å². The number of aliphatic hydroxyl groups is 2. The maximum atomic E-state index is 12.5. The molecule has 0 saturated heterocycles. The Bertz CT molecular complexity index is 1270. The van der Waals surface area contributed by atoms with E-state index in [1.807, 2.05) is 6.08 Å². The number of allylic oxidation sites excluding steroid dienone is 17. The molecule has 0 aromatic heterocycles. The van der Waals surface area contributed by atoms with E-state index in [-0.39, 0.29) is 12.5 Å². The summed E-state index contributed by atoms with van der Waals surface area (Å²) in [5, 5.41) is 23.1. The summed E-state index contributed by atoms with van der Waals surface area (Å²) in [5.41, 5.74) is 0. The van der Waals surface area contributed by atoms with Gasteiger partial charge in [-0.25, -0.2) is 0 Å². The van der Waals surface area contributed by atoms with Gasteiger partial charge in [-0.3, -0.25) is 4.79 Å². The molecule has 1 amide bonds. The lowest BCUT2D eigenvalue weighted by atomic mass is 10.0. The van der Waals surface area contributed by atoms with Crippen LogP contribution in [0.2, 0.25) is 0 Å². The summed E-state index contributed by atoms with van der Waals surface area (Å²) < 4.78 is 0. The van der Waals surface area contributed by atoms with Crippen LogP contribution in [0.1, 0.15) is 258 Å². The molecule has 0 heterocycles. The fraction of sp³-hybridized carbons (Fsp3) is 0.694. The van der Waals surface area contributed by atoms with E-state index in [0.29, 0.717) is 6.42 Å². The van der Waals surface area contributed by atoms with E-state index in [1.54, 1.807) is 6.08 Å². The lowest BCUT2D eigenvalue weighted by Gasteiger charge is -2.19. The summed E-state index contributed by atoms with van der Waals surface area (Å²) in [4.78, 5) is 12.5. The first-order valence-corrected chi connectivity index (χ1v) is 28.1. The minimum absolute atomic E-state index is 0.108. The van der Waals surface area contributed by atoms with E-state index >= 15 is 0 Å². The molecule has 66 heavy (non-hydrogen) atoms. The quantitative estimate of drug-likeness (QED) is 0.0421. The molecular formula is C62H107NO3. The van der Waals surface area contributed by atoms with Gasteiger partial charge in [0.15, 0.2) is 0 Å². The molecule has 0 aliphatic heterocycles. The number of unbranched alkanes of at least 4 members (excludes halogenated alkanes) is 27. The number of nitrogens with one attached hydrogen (secondary N) is 1. The van der Waals surface area contributed by atoms with Crippen LogP contribution in [0.3, 0.4) is 0 Å². The van der Waals surface area contributed by atoms with Gasteiger partial charge in [-0.05, 0) is 83.5 Å². The van der Waals surface area contributed by atoms with Crippen LogP contribution in [0.4, 0.5) is 0 Å². The van der Waals surface area contributed by atoms with Gasteiger partial charge in [0.05, 0.1) is 18.8 Å². The highest BCUT2D eigenvalue weighted by Crippen LogP contribution is 2.16. The number of carbonyl (C=O) groups excluding carboxylic acids is 1. The lowest BCUT2D eigenvalue weighted by Crippen LogP contribution is -2.45. The molecule has 0 spiro atoms. The van der Waals surface area contributed by atoms with Gasteiger partial charge in [0.25, 0.3) is 0 Å². The fourth-order valence-electron chi connectivity index (χ4n) is 8.02. The molecule has 2 unspecified atom stereocenters. The monoisotopic (exact) mass is 914 g/mol. The first-order chi connectivity index (χ1) is 32.7. The minimum atomic E-state index is -0.867. The van der Waals surface area contributed by atoms with Crippen LogP contribution in [-0.4, -0.2) is 34.9 Å². The lowest BCUT2D eigenvalue weighted by molar-refractivity contribution is -0.123. The second-order valence-corrected chi connectivity index (χ2v) is 18.6. The van der Waals surface area contributed by atoms with E-state index < -0.39 is 12.1 Å². The third-order valence-electron chi connectivity index (χ3n) is 12.3. The summed E-state index contributed by atoms with van der Waals surface area (Å²) in [6.45, 7) is 4.19. The molecule has 378 valence electrons. The number of hydrogen-bond acceptors (Lipinski definition) is 3. The largest absolute Gasteiger partial charge is 0.394 e. The van der Waals surface area contributed by atoms with Crippen LogP contribution in [0.15, 0.2) is 109 Å². The highest BCUT2D eigenvalue weighted by atomic mass is 16.3. The number of aliphatic hydroxyl groups excluding tert-OH is 2. The topological polar surface area (TPSA) is 69.6 Å².